The van der Waals surface area contributed by atoms with Gasteiger partial charge in [-0.05, 0) is 12.2 Å². The molecule has 3 rings (SSSR count). The van der Waals surface area contributed by atoms with Crippen LogP contribution in [0.1, 0.15) is 0 Å². The van der Waals surface area contributed by atoms with Crippen LogP contribution in [0.15, 0.2) is 35.8 Å². The maximum absolute atomic E-state index is 11.4. The van der Waals surface area contributed by atoms with Crippen molar-refractivity contribution in [3.8, 4) is 0 Å². The summed E-state index contributed by atoms with van der Waals surface area (Å²) in [6.45, 7) is 0.624. The molecule has 0 aromatic carbocycles. The first-order chi connectivity index (χ1) is 6.36. The van der Waals surface area contributed by atoms with E-state index in [9.17, 15) is 4.79 Å². The van der Waals surface area contributed by atoms with Crippen LogP contribution in [0.25, 0.3) is 0 Å². The van der Waals surface area contributed by atoms with Crippen LogP contribution < -0.4 is 10.6 Å². The lowest BCUT2D eigenvalue weighted by atomic mass is 10.1. The molecule has 1 unspecified atom stereocenters. The van der Waals surface area contributed by atoms with Gasteiger partial charge in [0.1, 0.15) is 11.9 Å². The predicted octanol–water partition coefficient (Wildman–Crippen LogP) is -0.357. The van der Waals surface area contributed by atoms with E-state index in [1.165, 1.54) is 0 Å². The molecule has 3 aliphatic rings. The number of hydrogen-bond donors (Lipinski definition) is 2. The van der Waals surface area contributed by atoms with Crippen LogP contribution in [-0.2, 0) is 4.79 Å². The molecule has 0 saturated carbocycles. The molecule has 1 atom stereocenters. The highest BCUT2D eigenvalue weighted by Gasteiger charge is 2.35. The first-order valence-corrected chi connectivity index (χ1v) is 4.27. The number of rotatable bonds is 0. The van der Waals surface area contributed by atoms with Crippen molar-refractivity contribution in [1.82, 2.24) is 15.5 Å². The van der Waals surface area contributed by atoms with Gasteiger partial charge in [-0.1, -0.05) is 6.08 Å². The number of allylic oxidation sites excluding steroid dienone is 2. The van der Waals surface area contributed by atoms with Crippen molar-refractivity contribution in [2.75, 3.05) is 6.54 Å². The van der Waals surface area contributed by atoms with E-state index >= 15 is 0 Å². The van der Waals surface area contributed by atoms with Gasteiger partial charge < -0.3 is 15.5 Å². The van der Waals surface area contributed by atoms with Gasteiger partial charge >= 0.3 is 0 Å². The standard InChI is InChI=1S/C9H9N3O/c13-9-7-5-10-8-3-1-2-6(4-11-9)12(7)8/h1-3,5,8,10H,4H2,(H,11,13). The van der Waals surface area contributed by atoms with E-state index in [2.05, 4.69) is 10.6 Å². The first-order valence-electron chi connectivity index (χ1n) is 4.27. The number of carbonyl (C=O) groups is 1. The summed E-state index contributed by atoms with van der Waals surface area (Å²) >= 11 is 0. The van der Waals surface area contributed by atoms with Crippen molar-refractivity contribution >= 4 is 5.91 Å². The van der Waals surface area contributed by atoms with Crippen molar-refractivity contribution in [2.24, 2.45) is 0 Å². The van der Waals surface area contributed by atoms with E-state index in [-0.39, 0.29) is 12.1 Å². The molecule has 0 aromatic rings. The lowest BCUT2D eigenvalue weighted by molar-refractivity contribution is -0.119. The van der Waals surface area contributed by atoms with Gasteiger partial charge in [0.2, 0.25) is 0 Å². The van der Waals surface area contributed by atoms with Gasteiger partial charge in [-0.3, -0.25) is 4.79 Å². The Kier molecular flexibility index (Phi) is 1.12. The van der Waals surface area contributed by atoms with Gasteiger partial charge in [-0.15, -0.1) is 0 Å². The van der Waals surface area contributed by atoms with Crippen molar-refractivity contribution in [1.29, 1.82) is 0 Å². The van der Waals surface area contributed by atoms with Gasteiger partial charge in [0.25, 0.3) is 5.91 Å². The quantitative estimate of drug-likeness (QED) is 0.528. The normalized spacial score (nSPS) is 28.8. The Bertz CT molecular complexity index is 367. The van der Waals surface area contributed by atoms with Crippen LogP contribution in [0, 0.1) is 0 Å². The molecule has 1 amide bonds. The van der Waals surface area contributed by atoms with Crippen LogP contribution in [0.5, 0.6) is 0 Å². The molecule has 4 heteroatoms. The number of nitrogens with one attached hydrogen (secondary N) is 2. The summed E-state index contributed by atoms with van der Waals surface area (Å²) in [6, 6.07) is 0. The molecule has 0 aliphatic carbocycles. The maximum Gasteiger partial charge on any atom is 0.269 e. The SMILES string of the molecule is O=C1NCC2=CC=CC3NC=C1N23. The second-order valence-electron chi connectivity index (χ2n) is 3.24. The van der Waals surface area contributed by atoms with E-state index in [1.54, 1.807) is 6.20 Å². The number of piperazine rings is 1. The number of carbonyl (C=O) groups excluding carboxylic acids is 1. The Morgan fingerprint density at radius 3 is 3.38 bits per heavy atom. The van der Waals surface area contributed by atoms with Crippen LogP contribution >= 0.6 is 0 Å². The minimum atomic E-state index is 0.00227. The molecule has 0 radical (unpaired) electrons. The van der Waals surface area contributed by atoms with Crippen molar-refractivity contribution in [3.63, 3.8) is 0 Å². The zero-order valence-electron chi connectivity index (χ0n) is 6.95. The van der Waals surface area contributed by atoms with Gasteiger partial charge in [-0.25, -0.2) is 0 Å². The number of amides is 1. The second kappa shape index (κ2) is 2.16. The van der Waals surface area contributed by atoms with Crippen LogP contribution in [0.3, 0.4) is 0 Å². The topological polar surface area (TPSA) is 44.4 Å². The van der Waals surface area contributed by atoms with Gasteiger partial charge in [0.05, 0.1) is 6.54 Å². The Labute approximate surface area is 75.6 Å². The molecular weight excluding hydrogens is 166 g/mol. The highest BCUT2D eigenvalue weighted by molar-refractivity contribution is 5.95. The fraction of sp³-hybridized carbons (Fsp3) is 0.222. The summed E-state index contributed by atoms with van der Waals surface area (Å²) in [6.07, 6.45) is 7.98. The molecule has 0 spiro atoms. The summed E-state index contributed by atoms with van der Waals surface area (Å²) in [5.41, 5.74) is 1.86. The molecule has 0 bridgehead atoms. The summed E-state index contributed by atoms with van der Waals surface area (Å²) in [4.78, 5) is 13.4. The van der Waals surface area contributed by atoms with E-state index in [4.69, 9.17) is 0 Å². The van der Waals surface area contributed by atoms with Gasteiger partial charge in [0.15, 0.2) is 0 Å². The van der Waals surface area contributed by atoms with Crippen LogP contribution in [-0.4, -0.2) is 23.5 Å². The average Bonchev–Trinajstić information content (AvgIpc) is 2.57. The van der Waals surface area contributed by atoms with Crippen molar-refractivity contribution < 1.29 is 4.79 Å². The highest BCUT2D eigenvalue weighted by Crippen LogP contribution is 2.26. The molecule has 4 nitrogen and oxygen atoms in total. The average molecular weight is 175 g/mol. The minimum Gasteiger partial charge on any atom is -0.366 e. The van der Waals surface area contributed by atoms with Crippen LogP contribution in [0.4, 0.5) is 0 Å². The third kappa shape index (κ3) is 0.771. The fourth-order valence-electron chi connectivity index (χ4n) is 1.87. The second-order valence-corrected chi connectivity index (χ2v) is 3.24. The largest absolute Gasteiger partial charge is 0.366 e. The Hall–Kier alpha value is -1.71. The lowest BCUT2D eigenvalue weighted by Gasteiger charge is -2.34. The third-order valence-electron chi connectivity index (χ3n) is 2.48. The smallest absolute Gasteiger partial charge is 0.269 e. The summed E-state index contributed by atoms with van der Waals surface area (Å²) in [5, 5.41) is 5.95. The van der Waals surface area contributed by atoms with E-state index < -0.39 is 0 Å². The van der Waals surface area contributed by atoms with E-state index in [0.29, 0.717) is 12.2 Å². The zero-order chi connectivity index (χ0) is 8.84. The monoisotopic (exact) mass is 175 g/mol. The molecule has 66 valence electrons. The molecule has 1 saturated heterocycles. The van der Waals surface area contributed by atoms with Crippen LogP contribution in [0.2, 0.25) is 0 Å². The maximum atomic E-state index is 11.4. The minimum absolute atomic E-state index is 0.00227. The summed E-state index contributed by atoms with van der Waals surface area (Å²) < 4.78 is 0. The number of nitrogens with zero attached hydrogens (tertiary/aromatic N) is 1. The zero-order valence-corrected chi connectivity index (χ0v) is 6.95. The molecule has 0 aromatic heterocycles. The molecular formula is C9H9N3O. The van der Waals surface area contributed by atoms with Gasteiger partial charge in [-0.2, -0.15) is 0 Å². The first kappa shape index (κ1) is 6.77. The van der Waals surface area contributed by atoms with E-state index in [1.807, 2.05) is 23.1 Å². The summed E-state index contributed by atoms with van der Waals surface area (Å²) in [5.74, 6) is 0.00227. The molecule has 3 aliphatic heterocycles. The molecule has 2 N–H and O–H groups in total. The Morgan fingerprint density at radius 2 is 2.46 bits per heavy atom. The lowest BCUT2D eigenvalue weighted by Crippen LogP contribution is -2.47. The summed E-state index contributed by atoms with van der Waals surface area (Å²) in [7, 11) is 0. The molecule has 1 fully saturated rings. The third-order valence-corrected chi connectivity index (χ3v) is 2.48. The van der Waals surface area contributed by atoms with E-state index in [0.717, 1.165) is 5.70 Å². The van der Waals surface area contributed by atoms with Gasteiger partial charge in [0, 0.05) is 11.9 Å². The highest BCUT2D eigenvalue weighted by atomic mass is 16.2. The molecule has 3 heterocycles. The number of hydrogen-bond acceptors (Lipinski definition) is 3. The Morgan fingerprint density at radius 1 is 1.54 bits per heavy atom. The fourth-order valence-corrected chi connectivity index (χ4v) is 1.87. The Balaban J connectivity index is 2.09. The van der Waals surface area contributed by atoms with Crippen molar-refractivity contribution in [3.05, 3.63) is 35.8 Å². The predicted molar refractivity (Wildman–Crippen MR) is 47.1 cm³/mol. The van der Waals surface area contributed by atoms with Crippen molar-refractivity contribution in [2.45, 2.75) is 6.17 Å². The molecule has 13 heavy (non-hydrogen) atoms.